The molecule has 1 aliphatic heterocycles. The summed E-state index contributed by atoms with van der Waals surface area (Å²) in [5.41, 5.74) is 0. The van der Waals surface area contributed by atoms with Crippen LogP contribution in [0.5, 0.6) is 0 Å². The predicted octanol–water partition coefficient (Wildman–Crippen LogP) is -1.02. The van der Waals surface area contributed by atoms with Crippen LogP contribution in [0, 0.1) is 12.3 Å². The van der Waals surface area contributed by atoms with Crippen LogP contribution in [0.1, 0.15) is 0 Å². The monoisotopic (exact) mass is 356 g/mol. The third-order valence-corrected chi connectivity index (χ3v) is 5.84. The summed E-state index contributed by atoms with van der Waals surface area (Å²) < 4.78 is 26.5. The largest absolute Gasteiger partial charge is 0.340 e. The summed E-state index contributed by atoms with van der Waals surface area (Å²) in [6.07, 6.45) is 5.09. The van der Waals surface area contributed by atoms with Gasteiger partial charge in [-0.3, -0.25) is 4.79 Å². The number of benzene rings is 1. The van der Waals surface area contributed by atoms with Crippen molar-refractivity contribution in [1.82, 2.24) is 9.62 Å². The molecule has 23 heavy (non-hydrogen) atoms. The highest BCUT2D eigenvalue weighted by atomic mass is 35.5. The van der Waals surface area contributed by atoms with Crippen molar-refractivity contribution in [3.05, 3.63) is 29.3 Å². The smallest absolute Gasteiger partial charge is 0.275 e. The summed E-state index contributed by atoms with van der Waals surface area (Å²) in [6, 6.07) is 6.13. The molecule has 2 N–H and O–H groups in total. The van der Waals surface area contributed by atoms with Crippen LogP contribution >= 0.6 is 11.6 Å². The Balaban J connectivity index is 1.92. The number of sulfonamides is 1. The van der Waals surface area contributed by atoms with E-state index in [4.69, 9.17) is 18.0 Å². The first-order chi connectivity index (χ1) is 10.9. The topological polar surface area (TPSA) is 70.9 Å². The molecule has 1 aliphatic rings. The van der Waals surface area contributed by atoms with Gasteiger partial charge in [0.05, 0.1) is 37.6 Å². The maximum Gasteiger partial charge on any atom is 0.275 e. The molecule has 1 aromatic rings. The number of piperazine rings is 1. The van der Waals surface area contributed by atoms with Crippen molar-refractivity contribution in [3.8, 4) is 12.3 Å². The van der Waals surface area contributed by atoms with E-state index in [1.807, 2.05) is 0 Å². The Bertz CT molecular complexity index is 690. The van der Waals surface area contributed by atoms with Gasteiger partial charge in [-0.1, -0.05) is 17.5 Å². The molecule has 1 aromatic carbocycles. The standard InChI is InChI=1S/C15H18ClN3O3S/c1-2-7-17-15(20)12-18-8-10-19(11-9-18)23(21,22)14-5-3-13(16)4-6-14/h1,3-6H,7-12H2,(H,17,20)/p+1. The van der Waals surface area contributed by atoms with Gasteiger partial charge in [0.15, 0.2) is 6.54 Å². The van der Waals surface area contributed by atoms with Gasteiger partial charge in [0.25, 0.3) is 5.91 Å². The first-order valence-corrected chi connectivity index (χ1v) is 9.04. The van der Waals surface area contributed by atoms with Crippen molar-refractivity contribution in [1.29, 1.82) is 0 Å². The summed E-state index contributed by atoms with van der Waals surface area (Å²) in [6.45, 7) is 2.43. The minimum atomic E-state index is -3.51. The van der Waals surface area contributed by atoms with E-state index in [0.29, 0.717) is 37.7 Å². The highest BCUT2D eigenvalue weighted by Gasteiger charge is 2.30. The average molecular weight is 357 g/mol. The maximum absolute atomic E-state index is 12.5. The number of carbonyl (C=O) groups excluding carboxylic acids is 1. The van der Waals surface area contributed by atoms with Crippen LogP contribution in [-0.4, -0.2) is 57.9 Å². The van der Waals surface area contributed by atoms with Gasteiger partial charge in [0, 0.05) is 5.02 Å². The number of halogens is 1. The van der Waals surface area contributed by atoms with E-state index in [-0.39, 0.29) is 17.3 Å². The molecule has 1 amide bonds. The van der Waals surface area contributed by atoms with Crippen molar-refractivity contribution in [3.63, 3.8) is 0 Å². The molecule has 0 aliphatic carbocycles. The molecule has 0 spiro atoms. The molecule has 0 radical (unpaired) electrons. The number of amides is 1. The Morgan fingerprint density at radius 2 is 1.91 bits per heavy atom. The fraction of sp³-hybridized carbons (Fsp3) is 0.400. The number of hydrogen-bond donors (Lipinski definition) is 2. The minimum absolute atomic E-state index is 0.119. The van der Waals surface area contributed by atoms with Crippen molar-refractivity contribution in [2.24, 2.45) is 0 Å². The predicted molar refractivity (Wildman–Crippen MR) is 87.6 cm³/mol. The van der Waals surface area contributed by atoms with Gasteiger partial charge in [-0.25, -0.2) is 8.42 Å². The summed E-state index contributed by atoms with van der Waals surface area (Å²) in [5, 5.41) is 3.11. The zero-order valence-corrected chi connectivity index (χ0v) is 14.2. The quantitative estimate of drug-likeness (QED) is 0.663. The second-order valence-electron chi connectivity index (χ2n) is 5.27. The van der Waals surface area contributed by atoms with Crippen LogP contribution in [0.25, 0.3) is 0 Å². The van der Waals surface area contributed by atoms with Crippen LogP contribution < -0.4 is 10.2 Å². The molecule has 6 nitrogen and oxygen atoms in total. The molecule has 0 atom stereocenters. The zero-order valence-electron chi connectivity index (χ0n) is 12.6. The molecule has 0 bridgehead atoms. The number of rotatable bonds is 5. The van der Waals surface area contributed by atoms with Gasteiger partial charge in [0.1, 0.15) is 0 Å². The molecule has 0 saturated carbocycles. The molecule has 124 valence electrons. The minimum Gasteiger partial charge on any atom is -0.340 e. The molecule has 2 rings (SSSR count). The van der Waals surface area contributed by atoms with Gasteiger partial charge < -0.3 is 10.2 Å². The highest BCUT2D eigenvalue weighted by Crippen LogP contribution is 2.18. The van der Waals surface area contributed by atoms with Crippen molar-refractivity contribution in [2.45, 2.75) is 4.90 Å². The van der Waals surface area contributed by atoms with Crippen LogP contribution in [-0.2, 0) is 14.8 Å². The lowest BCUT2D eigenvalue weighted by Crippen LogP contribution is -3.15. The van der Waals surface area contributed by atoms with E-state index < -0.39 is 10.0 Å². The molecule has 0 unspecified atom stereocenters. The lowest BCUT2D eigenvalue weighted by Gasteiger charge is -2.31. The second kappa shape index (κ2) is 7.79. The number of terminal acetylenes is 1. The van der Waals surface area contributed by atoms with E-state index in [1.54, 1.807) is 12.1 Å². The third-order valence-electron chi connectivity index (χ3n) is 3.68. The van der Waals surface area contributed by atoms with Crippen molar-refractivity contribution in [2.75, 3.05) is 39.3 Å². The van der Waals surface area contributed by atoms with Gasteiger partial charge >= 0.3 is 0 Å². The van der Waals surface area contributed by atoms with E-state index in [1.165, 1.54) is 16.4 Å². The van der Waals surface area contributed by atoms with E-state index in [0.717, 1.165) is 4.90 Å². The fourth-order valence-electron chi connectivity index (χ4n) is 2.41. The SMILES string of the molecule is C#CCNC(=O)C[NH+]1CCN(S(=O)(=O)c2ccc(Cl)cc2)CC1. The Kier molecular flexibility index (Phi) is 6.02. The Labute approximate surface area is 141 Å². The molecule has 1 saturated heterocycles. The summed E-state index contributed by atoms with van der Waals surface area (Å²) in [7, 11) is -3.51. The lowest BCUT2D eigenvalue weighted by molar-refractivity contribution is -0.895. The molecule has 0 aromatic heterocycles. The van der Waals surface area contributed by atoms with Crippen LogP contribution in [0.2, 0.25) is 5.02 Å². The highest BCUT2D eigenvalue weighted by molar-refractivity contribution is 7.89. The van der Waals surface area contributed by atoms with Gasteiger partial charge in [-0.15, -0.1) is 6.42 Å². The fourth-order valence-corrected chi connectivity index (χ4v) is 3.98. The molecular weight excluding hydrogens is 338 g/mol. The number of nitrogens with zero attached hydrogens (tertiary/aromatic N) is 1. The third kappa shape index (κ3) is 4.69. The molecule has 8 heteroatoms. The average Bonchev–Trinajstić information content (AvgIpc) is 2.54. The van der Waals surface area contributed by atoms with E-state index in [9.17, 15) is 13.2 Å². The van der Waals surface area contributed by atoms with E-state index >= 15 is 0 Å². The number of hydrogen-bond acceptors (Lipinski definition) is 3. The van der Waals surface area contributed by atoms with Gasteiger partial charge in [-0.2, -0.15) is 4.31 Å². The summed E-state index contributed by atoms with van der Waals surface area (Å²) in [4.78, 5) is 12.9. The number of quaternary nitrogens is 1. The lowest BCUT2D eigenvalue weighted by atomic mass is 10.3. The normalized spacial score (nSPS) is 16.7. The first-order valence-electron chi connectivity index (χ1n) is 7.23. The Morgan fingerprint density at radius 1 is 1.30 bits per heavy atom. The second-order valence-corrected chi connectivity index (χ2v) is 7.64. The number of carbonyl (C=O) groups is 1. The van der Waals surface area contributed by atoms with Crippen LogP contribution in [0.3, 0.4) is 0 Å². The molecule has 1 heterocycles. The molecule has 1 fully saturated rings. The molecular formula is C15H19ClN3O3S+. The van der Waals surface area contributed by atoms with Crippen LogP contribution in [0.15, 0.2) is 29.2 Å². The Morgan fingerprint density at radius 3 is 2.48 bits per heavy atom. The van der Waals surface area contributed by atoms with Crippen LogP contribution in [0.4, 0.5) is 0 Å². The van der Waals surface area contributed by atoms with Crippen molar-refractivity contribution >= 4 is 27.5 Å². The summed E-state index contributed by atoms with van der Waals surface area (Å²) in [5.74, 6) is 2.23. The van der Waals surface area contributed by atoms with Gasteiger partial charge in [-0.05, 0) is 24.3 Å². The van der Waals surface area contributed by atoms with Crippen molar-refractivity contribution < 1.29 is 18.1 Å². The Hall–Kier alpha value is -1.59. The maximum atomic E-state index is 12.5. The number of nitrogens with one attached hydrogen (secondary N) is 2. The zero-order chi connectivity index (χ0) is 16.9. The summed E-state index contributed by atoms with van der Waals surface area (Å²) >= 11 is 5.79. The first kappa shape index (κ1) is 17.8. The van der Waals surface area contributed by atoms with Gasteiger partial charge in [0.2, 0.25) is 10.0 Å². The van der Waals surface area contributed by atoms with E-state index in [2.05, 4.69) is 11.2 Å².